The second kappa shape index (κ2) is 4.77. The molecule has 2 heterocycles. The van der Waals surface area contributed by atoms with Gasteiger partial charge in [-0.1, -0.05) is 15.9 Å². The van der Waals surface area contributed by atoms with E-state index in [1.807, 2.05) is 0 Å². The number of nitrogens with zero attached hydrogens (tertiary/aromatic N) is 1. The molecule has 16 heavy (non-hydrogen) atoms. The standard InChI is InChI=1S/C10H12BrNO4/c11-5-1-2-12-6(3-5)10-9(15)8(14)7(4-13)16-10/h1-3,7-10,13-15H,4H2/t7-,8-,9-,10+/m1/s1. The molecule has 0 saturated carbocycles. The molecule has 4 atom stereocenters. The third-order valence-corrected chi connectivity index (χ3v) is 3.07. The first-order valence-corrected chi connectivity index (χ1v) is 5.66. The summed E-state index contributed by atoms with van der Waals surface area (Å²) in [5.41, 5.74) is 0.525. The smallest absolute Gasteiger partial charge is 0.128 e. The van der Waals surface area contributed by atoms with E-state index in [9.17, 15) is 10.2 Å². The van der Waals surface area contributed by atoms with Gasteiger partial charge in [-0.3, -0.25) is 4.98 Å². The van der Waals surface area contributed by atoms with Crippen molar-refractivity contribution in [2.24, 2.45) is 0 Å². The normalized spacial score (nSPS) is 34.2. The summed E-state index contributed by atoms with van der Waals surface area (Å²) < 4.78 is 6.16. The number of ether oxygens (including phenoxy) is 1. The van der Waals surface area contributed by atoms with Crippen molar-refractivity contribution in [3.8, 4) is 0 Å². The van der Waals surface area contributed by atoms with Gasteiger partial charge < -0.3 is 20.1 Å². The first kappa shape index (κ1) is 11.9. The van der Waals surface area contributed by atoms with Gasteiger partial charge in [0.25, 0.3) is 0 Å². The van der Waals surface area contributed by atoms with Crippen molar-refractivity contribution >= 4 is 15.9 Å². The Morgan fingerprint density at radius 3 is 2.69 bits per heavy atom. The molecule has 0 radical (unpaired) electrons. The van der Waals surface area contributed by atoms with Crippen LogP contribution in [0, 0.1) is 0 Å². The van der Waals surface area contributed by atoms with Gasteiger partial charge in [-0.2, -0.15) is 0 Å². The van der Waals surface area contributed by atoms with E-state index in [0.29, 0.717) is 5.69 Å². The van der Waals surface area contributed by atoms with Gasteiger partial charge in [-0.15, -0.1) is 0 Å². The lowest BCUT2D eigenvalue weighted by atomic mass is 10.1. The summed E-state index contributed by atoms with van der Waals surface area (Å²) in [5.74, 6) is 0. The van der Waals surface area contributed by atoms with E-state index >= 15 is 0 Å². The van der Waals surface area contributed by atoms with E-state index in [1.165, 1.54) is 0 Å². The van der Waals surface area contributed by atoms with Gasteiger partial charge in [0.15, 0.2) is 0 Å². The van der Waals surface area contributed by atoms with Crippen molar-refractivity contribution in [1.29, 1.82) is 0 Å². The molecular formula is C10H12BrNO4. The molecule has 0 amide bonds. The molecule has 0 spiro atoms. The molecule has 0 aromatic carbocycles. The Morgan fingerprint density at radius 2 is 2.12 bits per heavy atom. The molecule has 0 unspecified atom stereocenters. The molecule has 0 aliphatic carbocycles. The molecule has 1 saturated heterocycles. The van der Waals surface area contributed by atoms with E-state index in [2.05, 4.69) is 20.9 Å². The van der Waals surface area contributed by atoms with E-state index < -0.39 is 24.4 Å². The topological polar surface area (TPSA) is 82.8 Å². The SMILES string of the molecule is OC[C@H]1O[C@@H](c2cc(Br)ccn2)[C@H](O)[C@@H]1O. The van der Waals surface area contributed by atoms with Crippen LogP contribution in [0.1, 0.15) is 11.8 Å². The predicted octanol–water partition coefficient (Wildman–Crippen LogP) is -0.00190. The van der Waals surface area contributed by atoms with Gasteiger partial charge >= 0.3 is 0 Å². The second-order valence-electron chi connectivity index (χ2n) is 3.66. The van der Waals surface area contributed by atoms with Gasteiger partial charge in [-0.25, -0.2) is 0 Å². The lowest BCUT2D eigenvalue weighted by molar-refractivity contribution is -0.0239. The molecule has 3 N–H and O–H groups in total. The lowest BCUT2D eigenvalue weighted by Crippen LogP contribution is -2.32. The zero-order chi connectivity index (χ0) is 11.7. The number of hydrogen-bond acceptors (Lipinski definition) is 5. The number of rotatable bonds is 2. The summed E-state index contributed by atoms with van der Waals surface area (Å²) in [6.07, 6.45) is -2.05. The van der Waals surface area contributed by atoms with E-state index in [4.69, 9.17) is 9.84 Å². The van der Waals surface area contributed by atoms with E-state index in [-0.39, 0.29) is 6.61 Å². The molecule has 1 fully saturated rings. The van der Waals surface area contributed by atoms with Gasteiger partial charge in [0, 0.05) is 10.7 Å². The van der Waals surface area contributed by atoms with Gasteiger partial charge in [0.1, 0.15) is 24.4 Å². The zero-order valence-corrected chi connectivity index (χ0v) is 9.91. The maximum atomic E-state index is 9.76. The number of hydrogen-bond donors (Lipinski definition) is 3. The first-order valence-electron chi connectivity index (χ1n) is 4.87. The van der Waals surface area contributed by atoms with Crippen molar-refractivity contribution in [3.05, 3.63) is 28.5 Å². The third kappa shape index (κ3) is 2.11. The van der Waals surface area contributed by atoms with Crippen molar-refractivity contribution in [3.63, 3.8) is 0 Å². The highest BCUT2D eigenvalue weighted by molar-refractivity contribution is 9.10. The highest BCUT2D eigenvalue weighted by atomic mass is 79.9. The van der Waals surface area contributed by atoms with Gasteiger partial charge in [-0.05, 0) is 12.1 Å². The minimum absolute atomic E-state index is 0.331. The van der Waals surface area contributed by atoms with E-state index in [0.717, 1.165) is 4.47 Å². The van der Waals surface area contributed by atoms with Crippen LogP contribution in [0.3, 0.4) is 0 Å². The maximum absolute atomic E-state index is 9.76. The summed E-state index contributed by atoms with van der Waals surface area (Å²) >= 11 is 3.29. The Bertz CT molecular complexity index is 376. The fourth-order valence-corrected chi connectivity index (χ4v) is 2.07. The Kier molecular flexibility index (Phi) is 3.56. The number of aromatic nitrogens is 1. The fraction of sp³-hybridized carbons (Fsp3) is 0.500. The molecule has 1 aromatic rings. The van der Waals surface area contributed by atoms with Gasteiger partial charge in [0.05, 0.1) is 12.3 Å². The Morgan fingerprint density at radius 1 is 1.38 bits per heavy atom. The first-order chi connectivity index (χ1) is 7.63. The summed E-state index contributed by atoms with van der Waals surface area (Å²) in [6.45, 7) is -0.331. The van der Waals surface area contributed by atoms with Crippen molar-refractivity contribution in [2.75, 3.05) is 6.61 Å². The maximum Gasteiger partial charge on any atom is 0.128 e. The quantitative estimate of drug-likeness (QED) is 0.714. The predicted molar refractivity (Wildman–Crippen MR) is 58.7 cm³/mol. The third-order valence-electron chi connectivity index (χ3n) is 2.58. The van der Waals surface area contributed by atoms with Crippen LogP contribution in [0.15, 0.2) is 22.8 Å². The van der Waals surface area contributed by atoms with Crippen molar-refractivity contribution in [1.82, 2.24) is 4.98 Å². The molecule has 1 aromatic heterocycles. The number of aliphatic hydroxyl groups is 3. The summed E-state index contributed by atoms with van der Waals surface area (Å²) in [5, 5.41) is 28.3. The molecule has 5 nitrogen and oxygen atoms in total. The van der Waals surface area contributed by atoms with Crippen LogP contribution in [-0.4, -0.2) is 45.2 Å². The fourth-order valence-electron chi connectivity index (χ4n) is 1.72. The largest absolute Gasteiger partial charge is 0.394 e. The summed E-state index contributed by atoms with van der Waals surface area (Å²) in [6, 6.07) is 3.46. The molecule has 88 valence electrons. The highest BCUT2D eigenvalue weighted by Gasteiger charge is 2.43. The summed E-state index contributed by atoms with van der Waals surface area (Å²) in [4.78, 5) is 4.07. The van der Waals surface area contributed by atoms with Crippen LogP contribution < -0.4 is 0 Å². The number of halogens is 1. The van der Waals surface area contributed by atoms with Crippen LogP contribution in [0.25, 0.3) is 0 Å². The highest BCUT2D eigenvalue weighted by Crippen LogP contribution is 2.33. The Hall–Kier alpha value is -0.530. The van der Waals surface area contributed by atoms with Crippen LogP contribution in [0.2, 0.25) is 0 Å². The van der Waals surface area contributed by atoms with Crippen LogP contribution in [0.5, 0.6) is 0 Å². The monoisotopic (exact) mass is 289 g/mol. The molecule has 1 aliphatic heterocycles. The van der Waals surface area contributed by atoms with Crippen LogP contribution in [0.4, 0.5) is 0 Å². The van der Waals surface area contributed by atoms with Crippen molar-refractivity contribution in [2.45, 2.75) is 24.4 Å². The Labute approximate surface area is 101 Å². The number of aliphatic hydroxyl groups excluding tert-OH is 3. The molecule has 1 aliphatic rings. The zero-order valence-electron chi connectivity index (χ0n) is 8.32. The minimum Gasteiger partial charge on any atom is -0.394 e. The van der Waals surface area contributed by atoms with Gasteiger partial charge in [0.2, 0.25) is 0 Å². The summed E-state index contributed by atoms with van der Waals surface area (Å²) in [7, 11) is 0. The van der Waals surface area contributed by atoms with Crippen molar-refractivity contribution < 1.29 is 20.1 Å². The number of pyridine rings is 1. The minimum atomic E-state index is -1.09. The van der Waals surface area contributed by atoms with Crippen LogP contribution in [-0.2, 0) is 4.74 Å². The molecule has 0 bridgehead atoms. The van der Waals surface area contributed by atoms with E-state index in [1.54, 1.807) is 18.3 Å². The average Bonchev–Trinajstić information content (AvgIpc) is 2.56. The molecular weight excluding hydrogens is 278 g/mol. The average molecular weight is 290 g/mol. The molecule has 2 rings (SSSR count). The Balaban J connectivity index is 2.23. The van der Waals surface area contributed by atoms with Crippen LogP contribution >= 0.6 is 15.9 Å². The molecule has 6 heteroatoms. The lowest BCUT2D eigenvalue weighted by Gasteiger charge is -2.13. The second-order valence-corrected chi connectivity index (χ2v) is 4.57.